The van der Waals surface area contributed by atoms with Crippen molar-refractivity contribution in [3.05, 3.63) is 75.5 Å². The van der Waals surface area contributed by atoms with Gasteiger partial charge in [-0.15, -0.1) is 0 Å². The van der Waals surface area contributed by atoms with Gasteiger partial charge in [-0.25, -0.2) is 0 Å². The second kappa shape index (κ2) is 8.07. The molecule has 6 heteroatoms. The minimum Gasteiger partial charge on any atom is -0.497 e. The maximum absolute atomic E-state index is 12.7. The second-order valence-corrected chi connectivity index (χ2v) is 6.92. The molecule has 0 unspecified atom stereocenters. The van der Waals surface area contributed by atoms with Crippen LogP contribution in [-0.4, -0.2) is 24.1 Å². The third kappa shape index (κ3) is 4.12. The van der Waals surface area contributed by atoms with Crippen molar-refractivity contribution in [2.24, 2.45) is 0 Å². The molecule has 0 saturated heterocycles. The molecule has 0 spiro atoms. The molecule has 2 aromatic carbocycles. The highest BCUT2D eigenvalue weighted by molar-refractivity contribution is 6.42. The minimum absolute atomic E-state index is 0.0567. The van der Waals surface area contributed by atoms with Crippen molar-refractivity contribution in [1.29, 1.82) is 0 Å². The smallest absolute Gasteiger partial charge is 0.202 e. The van der Waals surface area contributed by atoms with Gasteiger partial charge >= 0.3 is 0 Å². The first kappa shape index (κ1) is 19.3. The number of carbonyl (C=O) groups is 1. The number of nitrogens with zero attached hydrogens (tertiary/aromatic N) is 1. The Morgan fingerprint density at radius 2 is 1.74 bits per heavy atom. The van der Waals surface area contributed by atoms with Crippen LogP contribution in [0.3, 0.4) is 0 Å². The van der Waals surface area contributed by atoms with E-state index in [9.17, 15) is 4.79 Å². The Morgan fingerprint density at radius 1 is 1.00 bits per heavy atom. The van der Waals surface area contributed by atoms with Crippen LogP contribution >= 0.6 is 23.2 Å². The molecule has 0 aliphatic carbocycles. The van der Waals surface area contributed by atoms with E-state index >= 15 is 0 Å². The normalized spacial score (nSPS) is 10.7. The van der Waals surface area contributed by atoms with Crippen LogP contribution in [0, 0.1) is 13.8 Å². The number of hydrogen-bond acceptors (Lipinski definition) is 3. The summed E-state index contributed by atoms with van der Waals surface area (Å²) < 4.78 is 12.8. The van der Waals surface area contributed by atoms with E-state index in [1.54, 1.807) is 31.4 Å². The molecule has 0 atom stereocenters. The summed E-state index contributed by atoms with van der Waals surface area (Å²) in [7, 11) is 1.59. The van der Waals surface area contributed by atoms with Crippen LogP contribution in [0.1, 0.15) is 21.7 Å². The fourth-order valence-corrected chi connectivity index (χ4v) is 3.28. The number of rotatable bonds is 6. The molecule has 0 amide bonds. The van der Waals surface area contributed by atoms with Gasteiger partial charge < -0.3 is 14.0 Å². The first-order chi connectivity index (χ1) is 12.9. The number of ether oxygens (including phenoxy) is 2. The summed E-state index contributed by atoms with van der Waals surface area (Å²) in [6, 6.07) is 14.4. The summed E-state index contributed by atoms with van der Waals surface area (Å²) in [5, 5.41) is 0.960. The largest absolute Gasteiger partial charge is 0.497 e. The summed E-state index contributed by atoms with van der Waals surface area (Å²) in [4.78, 5) is 12.7. The molecular weight excluding hydrogens is 385 g/mol. The highest BCUT2D eigenvalue weighted by Gasteiger charge is 2.18. The highest BCUT2D eigenvalue weighted by atomic mass is 35.5. The van der Waals surface area contributed by atoms with Crippen LogP contribution in [0.15, 0.2) is 48.5 Å². The third-order valence-corrected chi connectivity index (χ3v) is 5.04. The number of ketones is 1. The number of hydrogen-bond donors (Lipinski definition) is 0. The van der Waals surface area contributed by atoms with Gasteiger partial charge in [0.1, 0.15) is 11.5 Å². The van der Waals surface area contributed by atoms with Gasteiger partial charge in [0.15, 0.2) is 6.61 Å². The fourth-order valence-electron chi connectivity index (χ4n) is 2.98. The van der Waals surface area contributed by atoms with Crippen molar-refractivity contribution in [3.8, 4) is 17.2 Å². The Morgan fingerprint density at radius 3 is 2.44 bits per heavy atom. The van der Waals surface area contributed by atoms with Gasteiger partial charge in [0.2, 0.25) is 5.78 Å². The Bertz CT molecular complexity index is 995. The number of carbonyl (C=O) groups excluding carboxylic acids is 1. The Hall–Kier alpha value is -2.43. The molecule has 3 aromatic rings. The van der Waals surface area contributed by atoms with Crippen molar-refractivity contribution in [1.82, 2.24) is 4.57 Å². The number of halogens is 2. The first-order valence-electron chi connectivity index (χ1n) is 8.35. The Kier molecular flexibility index (Phi) is 5.78. The van der Waals surface area contributed by atoms with Crippen LogP contribution in [-0.2, 0) is 0 Å². The molecule has 0 aliphatic heterocycles. The predicted molar refractivity (Wildman–Crippen MR) is 108 cm³/mol. The minimum atomic E-state index is -0.0998. The molecule has 27 heavy (non-hydrogen) atoms. The summed E-state index contributed by atoms with van der Waals surface area (Å²) >= 11 is 12.1. The van der Waals surface area contributed by atoms with E-state index in [1.807, 2.05) is 42.7 Å². The average Bonchev–Trinajstić information content (AvgIpc) is 2.96. The molecular formula is C21H19Cl2NO3. The van der Waals surface area contributed by atoms with Gasteiger partial charge in [-0.05, 0) is 50.2 Å². The zero-order valence-electron chi connectivity index (χ0n) is 15.3. The van der Waals surface area contributed by atoms with E-state index in [1.165, 1.54) is 0 Å². The molecule has 0 N–H and O–H groups in total. The standard InChI is InChI=1S/C21H19Cl2NO3/c1-13-9-18(14(2)24(13)15-7-8-19(22)20(23)10-15)21(25)12-27-17-6-4-5-16(11-17)26-3/h4-11H,12H2,1-3H3. The number of aromatic nitrogens is 1. The van der Waals surface area contributed by atoms with Crippen LogP contribution in [0.4, 0.5) is 0 Å². The van der Waals surface area contributed by atoms with Gasteiger partial charge in [-0.1, -0.05) is 29.3 Å². The van der Waals surface area contributed by atoms with E-state index in [0.717, 1.165) is 17.1 Å². The SMILES string of the molecule is COc1cccc(OCC(=O)c2cc(C)n(-c3ccc(Cl)c(Cl)c3)c2C)c1. The molecule has 4 nitrogen and oxygen atoms in total. The zero-order chi connectivity index (χ0) is 19.6. The zero-order valence-corrected chi connectivity index (χ0v) is 16.8. The first-order valence-corrected chi connectivity index (χ1v) is 9.10. The van der Waals surface area contributed by atoms with E-state index in [4.69, 9.17) is 32.7 Å². The molecule has 0 saturated carbocycles. The molecule has 0 aliphatic rings. The number of Topliss-reactive ketones (excluding diaryl/α,β-unsaturated/α-hetero) is 1. The summed E-state index contributed by atoms with van der Waals surface area (Å²) in [6.45, 7) is 3.78. The lowest BCUT2D eigenvalue weighted by Crippen LogP contribution is -2.12. The van der Waals surface area contributed by atoms with Crippen molar-refractivity contribution >= 4 is 29.0 Å². The van der Waals surface area contributed by atoms with E-state index < -0.39 is 0 Å². The number of benzene rings is 2. The van der Waals surface area contributed by atoms with Crippen molar-refractivity contribution in [3.63, 3.8) is 0 Å². The molecule has 140 valence electrons. The molecule has 1 aromatic heterocycles. The highest BCUT2D eigenvalue weighted by Crippen LogP contribution is 2.28. The van der Waals surface area contributed by atoms with Crippen LogP contribution in [0.2, 0.25) is 10.0 Å². The van der Waals surface area contributed by atoms with Crippen molar-refractivity contribution < 1.29 is 14.3 Å². The topological polar surface area (TPSA) is 40.5 Å². The molecule has 1 heterocycles. The van der Waals surface area contributed by atoms with Gasteiger partial charge in [0, 0.05) is 28.7 Å². The van der Waals surface area contributed by atoms with Crippen LogP contribution in [0.25, 0.3) is 5.69 Å². The fraction of sp³-hybridized carbons (Fsp3) is 0.190. The van der Waals surface area contributed by atoms with Crippen LogP contribution < -0.4 is 9.47 Å². The summed E-state index contributed by atoms with van der Waals surface area (Å²) in [5.74, 6) is 1.16. The molecule has 0 bridgehead atoms. The van der Waals surface area contributed by atoms with E-state index in [-0.39, 0.29) is 12.4 Å². The summed E-state index contributed by atoms with van der Waals surface area (Å²) in [6.07, 6.45) is 0. The maximum Gasteiger partial charge on any atom is 0.202 e. The van der Waals surface area contributed by atoms with Crippen molar-refractivity contribution in [2.45, 2.75) is 13.8 Å². The van der Waals surface area contributed by atoms with E-state index in [2.05, 4.69) is 0 Å². The van der Waals surface area contributed by atoms with E-state index in [0.29, 0.717) is 27.1 Å². The van der Waals surface area contributed by atoms with Crippen LogP contribution in [0.5, 0.6) is 11.5 Å². The van der Waals surface area contributed by atoms with Gasteiger partial charge in [-0.2, -0.15) is 0 Å². The number of aryl methyl sites for hydroxylation is 1. The maximum atomic E-state index is 12.7. The molecule has 3 rings (SSSR count). The quantitative estimate of drug-likeness (QED) is 0.497. The lowest BCUT2D eigenvalue weighted by atomic mass is 10.1. The average molecular weight is 404 g/mol. The van der Waals surface area contributed by atoms with Crippen molar-refractivity contribution in [2.75, 3.05) is 13.7 Å². The Labute approximate surface area is 168 Å². The van der Waals surface area contributed by atoms with Gasteiger partial charge in [0.25, 0.3) is 0 Å². The third-order valence-electron chi connectivity index (χ3n) is 4.30. The van der Waals surface area contributed by atoms with Gasteiger partial charge in [-0.3, -0.25) is 4.79 Å². The van der Waals surface area contributed by atoms with Gasteiger partial charge in [0.05, 0.1) is 17.2 Å². The monoisotopic (exact) mass is 403 g/mol. The lowest BCUT2D eigenvalue weighted by Gasteiger charge is -2.11. The summed E-state index contributed by atoms with van der Waals surface area (Å²) in [5.41, 5.74) is 3.22. The molecule has 0 fully saturated rings. The lowest BCUT2D eigenvalue weighted by molar-refractivity contribution is 0.0920. The second-order valence-electron chi connectivity index (χ2n) is 6.11. The Balaban J connectivity index is 1.82. The number of methoxy groups -OCH3 is 1. The molecule has 0 radical (unpaired) electrons. The predicted octanol–water partition coefficient (Wildman–Crippen LogP) is 5.67.